The normalized spacial score (nSPS) is 17.7. The van der Waals surface area contributed by atoms with Gasteiger partial charge in [-0.1, -0.05) is 43.3 Å². The molecule has 2 aromatic carbocycles. The fraction of sp³-hybridized carbons (Fsp3) is 0.318. The van der Waals surface area contributed by atoms with Gasteiger partial charge < -0.3 is 14.7 Å². The zero-order valence-electron chi connectivity index (χ0n) is 15.9. The molecule has 0 aliphatic carbocycles. The van der Waals surface area contributed by atoms with Crippen LogP contribution in [0.1, 0.15) is 29.3 Å². The van der Waals surface area contributed by atoms with E-state index < -0.39 is 6.04 Å². The van der Waals surface area contributed by atoms with Gasteiger partial charge in [-0.25, -0.2) is 0 Å². The Morgan fingerprint density at radius 2 is 1.68 bits per heavy atom. The van der Waals surface area contributed by atoms with Crippen LogP contribution < -0.4 is 4.90 Å². The molecule has 0 unspecified atom stereocenters. The fourth-order valence-electron chi connectivity index (χ4n) is 4.01. The van der Waals surface area contributed by atoms with Crippen LogP contribution in [0, 0.1) is 0 Å². The number of carbonyl (C=O) groups is 3. The Morgan fingerprint density at radius 1 is 0.964 bits per heavy atom. The SMILES string of the molecule is CC[C@H](C(=O)N1CCN(c2ccccc2)C(=O)C1)N1Cc2ccccc2C1=O. The standard InChI is InChI=1S/C22H23N3O3/c1-2-19(25-14-16-8-6-7-11-18(16)21(25)27)22(28)23-12-13-24(20(26)15-23)17-9-4-3-5-10-17/h3-11,19H,2,12-15H2,1H3/t19-/m1/s1. The second-order valence-corrected chi connectivity index (χ2v) is 7.15. The van der Waals surface area contributed by atoms with Gasteiger partial charge in [0.1, 0.15) is 12.6 Å². The quantitative estimate of drug-likeness (QED) is 0.821. The van der Waals surface area contributed by atoms with Crippen LogP contribution in [-0.4, -0.2) is 53.2 Å². The molecule has 3 amide bonds. The number of hydrogen-bond acceptors (Lipinski definition) is 3. The number of hydrogen-bond donors (Lipinski definition) is 0. The van der Waals surface area contributed by atoms with Gasteiger partial charge in [0.25, 0.3) is 5.91 Å². The molecular formula is C22H23N3O3. The summed E-state index contributed by atoms with van der Waals surface area (Å²) in [6.45, 7) is 3.31. The molecule has 1 atom stereocenters. The van der Waals surface area contributed by atoms with Gasteiger partial charge in [-0.05, 0) is 30.2 Å². The highest BCUT2D eigenvalue weighted by atomic mass is 16.2. The van der Waals surface area contributed by atoms with Gasteiger partial charge in [0, 0.05) is 30.9 Å². The van der Waals surface area contributed by atoms with Crippen LogP contribution in [0.4, 0.5) is 5.69 Å². The smallest absolute Gasteiger partial charge is 0.255 e. The molecule has 6 nitrogen and oxygen atoms in total. The summed E-state index contributed by atoms with van der Waals surface area (Å²) in [5.41, 5.74) is 2.46. The molecule has 1 fully saturated rings. The number of anilines is 1. The van der Waals surface area contributed by atoms with Crippen molar-refractivity contribution < 1.29 is 14.4 Å². The van der Waals surface area contributed by atoms with Gasteiger partial charge in [-0.2, -0.15) is 0 Å². The van der Waals surface area contributed by atoms with E-state index in [1.807, 2.05) is 55.5 Å². The average molecular weight is 377 g/mol. The lowest BCUT2D eigenvalue weighted by atomic mass is 10.1. The number of rotatable bonds is 4. The van der Waals surface area contributed by atoms with Crippen molar-refractivity contribution in [3.63, 3.8) is 0 Å². The Labute approximate surface area is 164 Å². The molecule has 0 radical (unpaired) electrons. The predicted molar refractivity (Wildman–Crippen MR) is 106 cm³/mol. The maximum absolute atomic E-state index is 13.2. The summed E-state index contributed by atoms with van der Waals surface area (Å²) in [5, 5.41) is 0. The third kappa shape index (κ3) is 3.15. The van der Waals surface area contributed by atoms with Crippen molar-refractivity contribution in [3.8, 4) is 0 Å². The van der Waals surface area contributed by atoms with E-state index in [0.717, 1.165) is 11.3 Å². The fourth-order valence-corrected chi connectivity index (χ4v) is 4.01. The predicted octanol–water partition coefficient (Wildman–Crippen LogP) is 2.30. The molecule has 2 aliphatic heterocycles. The van der Waals surface area contributed by atoms with E-state index >= 15 is 0 Å². The van der Waals surface area contributed by atoms with Crippen molar-refractivity contribution in [2.45, 2.75) is 25.9 Å². The van der Waals surface area contributed by atoms with Crippen molar-refractivity contribution in [1.82, 2.24) is 9.80 Å². The van der Waals surface area contributed by atoms with Gasteiger partial charge >= 0.3 is 0 Å². The summed E-state index contributed by atoms with van der Waals surface area (Å²) in [4.78, 5) is 43.5. The van der Waals surface area contributed by atoms with Crippen LogP contribution in [0.25, 0.3) is 0 Å². The Morgan fingerprint density at radius 3 is 2.36 bits per heavy atom. The Kier molecular flexibility index (Phi) is 4.86. The topological polar surface area (TPSA) is 60.9 Å². The monoisotopic (exact) mass is 377 g/mol. The van der Waals surface area contributed by atoms with Crippen LogP contribution >= 0.6 is 0 Å². The Bertz CT molecular complexity index is 912. The van der Waals surface area contributed by atoms with Crippen molar-refractivity contribution in [2.75, 3.05) is 24.5 Å². The van der Waals surface area contributed by atoms with Crippen LogP contribution in [0.15, 0.2) is 54.6 Å². The number of fused-ring (bicyclic) bond motifs is 1. The third-order valence-electron chi connectivity index (χ3n) is 5.50. The highest BCUT2D eigenvalue weighted by Crippen LogP contribution is 2.27. The van der Waals surface area contributed by atoms with Crippen LogP contribution in [-0.2, 0) is 16.1 Å². The third-order valence-corrected chi connectivity index (χ3v) is 5.50. The Hall–Kier alpha value is -3.15. The molecule has 1 saturated heterocycles. The second kappa shape index (κ2) is 7.46. The summed E-state index contributed by atoms with van der Waals surface area (Å²) in [5.74, 6) is -0.355. The molecule has 0 aromatic heterocycles. The first-order valence-electron chi connectivity index (χ1n) is 9.63. The molecule has 2 aliphatic rings. The highest BCUT2D eigenvalue weighted by Gasteiger charge is 2.38. The minimum atomic E-state index is -0.545. The number of nitrogens with zero attached hydrogens (tertiary/aromatic N) is 3. The summed E-state index contributed by atoms with van der Waals surface area (Å²) in [7, 11) is 0. The average Bonchev–Trinajstić information content (AvgIpc) is 3.06. The first-order chi connectivity index (χ1) is 13.6. The maximum atomic E-state index is 13.2. The zero-order chi connectivity index (χ0) is 19.7. The van der Waals surface area contributed by atoms with Crippen molar-refractivity contribution >= 4 is 23.4 Å². The number of piperazine rings is 1. The number of para-hydroxylation sites is 1. The van der Waals surface area contributed by atoms with Crippen molar-refractivity contribution in [3.05, 3.63) is 65.7 Å². The lowest BCUT2D eigenvalue weighted by Crippen LogP contribution is -2.57. The van der Waals surface area contributed by atoms with Crippen molar-refractivity contribution in [2.24, 2.45) is 0 Å². The van der Waals surface area contributed by atoms with Gasteiger partial charge in [0.2, 0.25) is 11.8 Å². The summed E-state index contributed by atoms with van der Waals surface area (Å²) < 4.78 is 0. The van der Waals surface area contributed by atoms with E-state index in [1.54, 1.807) is 20.8 Å². The summed E-state index contributed by atoms with van der Waals surface area (Å²) in [6, 6.07) is 16.4. The lowest BCUT2D eigenvalue weighted by molar-refractivity contribution is -0.140. The molecule has 0 saturated carbocycles. The summed E-state index contributed by atoms with van der Waals surface area (Å²) >= 11 is 0. The van der Waals surface area contributed by atoms with Gasteiger partial charge in [0.15, 0.2) is 0 Å². The molecule has 0 N–H and O–H groups in total. The van der Waals surface area contributed by atoms with Crippen LogP contribution in [0.3, 0.4) is 0 Å². The first kappa shape index (κ1) is 18.2. The molecule has 2 heterocycles. The molecular weight excluding hydrogens is 354 g/mol. The van der Waals surface area contributed by atoms with Gasteiger partial charge in [0.05, 0.1) is 0 Å². The zero-order valence-corrected chi connectivity index (χ0v) is 15.9. The molecule has 6 heteroatoms. The van der Waals surface area contributed by atoms with Gasteiger partial charge in [-0.3, -0.25) is 14.4 Å². The minimum Gasteiger partial charge on any atom is -0.330 e. The number of carbonyl (C=O) groups excluding carboxylic acids is 3. The summed E-state index contributed by atoms with van der Waals surface area (Å²) in [6.07, 6.45) is 0.519. The highest BCUT2D eigenvalue weighted by molar-refractivity contribution is 6.02. The van der Waals surface area contributed by atoms with Crippen molar-refractivity contribution in [1.29, 1.82) is 0 Å². The van der Waals surface area contributed by atoms with E-state index in [2.05, 4.69) is 0 Å². The van der Waals surface area contributed by atoms with E-state index in [9.17, 15) is 14.4 Å². The van der Waals surface area contributed by atoms with E-state index in [-0.39, 0.29) is 24.3 Å². The molecule has 28 heavy (non-hydrogen) atoms. The number of amides is 3. The second-order valence-electron chi connectivity index (χ2n) is 7.15. The molecule has 2 aromatic rings. The molecule has 4 rings (SSSR count). The lowest BCUT2D eigenvalue weighted by Gasteiger charge is -2.37. The van der Waals surface area contributed by atoms with Gasteiger partial charge in [-0.15, -0.1) is 0 Å². The molecule has 0 spiro atoms. The number of benzene rings is 2. The minimum absolute atomic E-state index is 0.0409. The van der Waals surface area contributed by atoms with Crippen LogP contribution in [0.5, 0.6) is 0 Å². The van der Waals surface area contributed by atoms with E-state index in [0.29, 0.717) is 31.6 Å². The maximum Gasteiger partial charge on any atom is 0.255 e. The van der Waals surface area contributed by atoms with E-state index in [1.165, 1.54) is 0 Å². The largest absolute Gasteiger partial charge is 0.330 e. The first-order valence-corrected chi connectivity index (χ1v) is 9.63. The van der Waals surface area contributed by atoms with Crippen LogP contribution in [0.2, 0.25) is 0 Å². The Balaban J connectivity index is 1.47. The van der Waals surface area contributed by atoms with E-state index in [4.69, 9.17) is 0 Å². The molecule has 0 bridgehead atoms. The molecule has 144 valence electrons.